The Morgan fingerprint density at radius 2 is 2.10 bits per heavy atom. The van der Waals surface area contributed by atoms with Crippen molar-refractivity contribution in [1.82, 2.24) is 25.3 Å². The van der Waals surface area contributed by atoms with Gasteiger partial charge in [0.2, 0.25) is 0 Å². The highest BCUT2D eigenvalue weighted by molar-refractivity contribution is 5.95. The maximum absolute atomic E-state index is 12.3. The van der Waals surface area contributed by atoms with Crippen LogP contribution < -0.4 is 5.32 Å². The smallest absolute Gasteiger partial charge is 0.257 e. The van der Waals surface area contributed by atoms with Crippen LogP contribution in [0.15, 0.2) is 6.20 Å². The molecule has 2 fully saturated rings. The van der Waals surface area contributed by atoms with Crippen LogP contribution in [0.3, 0.4) is 0 Å². The van der Waals surface area contributed by atoms with Gasteiger partial charge in [-0.25, -0.2) is 0 Å². The minimum absolute atomic E-state index is 0. The molecule has 20 heavy (non-hydrogen) atoms. The van der Waals surface area contributed by atoms with E-state index in [1.807, 2.05) is 11.8 Å². The number of hydrogen-bond acceptors (Lipinski definition) is 4. The Morgan fingerprint density at radius 1 is 1.35 bits per heavy atom. The molecule has 2 aliphatic heterocycles. The summed E-state index contributed by atoms with van der Waals surface area (Å²) in [6.07, 6.45) is 2.86. The predicted octanol–water partition coefficient (Wildman–Crippen LogP) is 0.260. The molecular weight excluding hydrogens is 278 g/mol. The molecule has 2 aliphatic rings. The Bertz CT molecular complexity index is 449. The summed E-state index contributed by atoms with van der Waals surface area (Å²) in [4.78, 5) is 16.8. The number of hydrogen-bond donors (Lipinski definition) is 2. The number of carbonyl (C=O) groups is 1. The fourth-order valence-corrected chi connectivity index (χ4v) is 2.98. The molecule has 6 nitrogen and oxygen atoms in total. The van der Waals surface area contributed by atoms with Crippen LogP contribution in [0, 0.1) is 6.92 Å². The van der Waals surface area contributed by atoms with Gasteiger partial charge in [-0.1, -0.05) is 0 Å². The number of nitrogens with zero attached hydrogens (tertiary/aromatic N) is 3. The molecule has 1 amide bonds. The van der Waals surface area contributed by atoms with Gasteiger partial charge in [0.05, 0.1) is 11.8 Å². The van der Waals surface area contributed by atoms with E-state index in [2.05, 4.69) is 20.4 Å². The van der Waals surface area contributed by atoms with E-state index < -0.39 is 0 Å². The first kappa shape index (κ1) is 15.3. The largest absolute Gasteiger partial charge is 0.336 e. The van der Waals surface area contributed by atoms with Gasteiger partial charge in [0.1, 0.15) is 0 Å². The molecule has 0 saturated carbocycles. The normalized spacial score (nSPS) is 23.6. The van der Waals surface area contributed by atoms with Crippen LogP contribution in [0.5, 0.6) is 0 Å². The SMILES string of the molecule is Cc1[nH]ncc1C(=O)N1CCN(C2CCNC2)CC1.Cl. The molecule has 0 spiro atoms. The monoisotopic (exact) mass is 299 g/mol. The molecule has 0 bridgehead atoms. The molecule has 1 aromatic rings. The molecule has 7 heteroatoms. The second kappa shape index (κ2) is 6.56. The lowest BCUT2D eigenvalue weighted by atomic mass is 10.1. The molecule has 0 aromatic carbocycles. The average molecular weight is 300 g/mol. The van der Waals surface area contributed by atoms with Crippen molar-refractivity contribution >= 4 is 18.3 Å². The van der Waals surface area contributed by atoms with Crippen molar-refractivity contribution in [3.8, 4) is 0 Å². The number of amides is 1. The average Bonchev–Trinajstić information content (AvgIpc) is 3.09. The van der Waals surface area contributed by atoms with Crippen LogP contribution >= 0.6 is 12.4 Å². The highest BCUT2D eigenvalue weighted by Gasteiger charge is 2.28. The van der Waals surface area contributed by atoms with E-state index >= 15 is 0 Å². The van der Waals surface area contributed by atoms with Gasteiger partial charge in [0.25, 0.3) is 5.91 Å². The van der Waals surface area contributed by atoms with Crippen molar-refractivity contribution in [2.24, 2.45) is 0 Å². The van der Waals surface area contributed by atoms with Gasteiger partial charge >= 0.3 is 0 Å². The van der Waals surface area contributed by atoms with Crippen LogP contribution in [-0.4, -0.2) is 71.2 Å². The third-order valence-electron chi connectivity index (χ3n) is 4.21. The van der Waals surface area contributed by atoms with Gasteiger partial charge in [0, 0.05) is 44.5 Å². The molecule has 1 aromatic heterocycles. The predicted molar refractivity (Wildman–Crippen MR) is 79.3 cm³/mol. The van der Waals surface area contributed by atoms with Crippen LogP contribution in [0.1, 0.15) is 22.5 Å². The van der Waals surface area contributed by atoms with Crippen molar-refractivity contribution < 1.29 is 4.79 Å². The fourth-order valence-electron chi connectivity index (χ4n) is 2.98. The van der Waals surface area contributed by atoms with E-state index in [1.165, 1.54) is 6.42 Å². The molecular formula is C13H22ClN5O. The molecule has 0 aliphatic carbocycles. The number of piperazine rings is 1. The van der Waals surface area contributed by atoms with Crippen molar-refractivity contribution in [1.29, 1.82) is 0 Å². The second-order valence-electron chi connectivity index (χ2n) is 5.38. The first-order valence-corrected chi connectivity index (χ1v) is 6.99. The molecule has 0 radical (unpaired) electrons. The molecule has 1 atom stereocenters. The molecule has 2 saturated heterocycles. The first-order chi connectivity index (χ1) is 9.25. The Balaban J connectivity index is 0.00000147. The summed E-state index contributed by atoms with van der Waals surface area (Å²) in [7, 11) is 0. The van der Waals surface area contributed by atoms with Gasteiger partial charge in [-0.15, -0.1) is 12.4 Å². The lowest BCUT2D eigenvalue weighted by Gasteiger charge is -2.37. The maximum Gasteiger partial charge on any atom is 0.257 e. The third-order valence-corrected chi connectivity index (χ3v) is 4.21. The lowest BCUT2D eigenvalue weighted by molar-refractivity contribution is 0.0583. The van der Waals surface area contributed by atoms with Gasteiger partial charge < -0.3 is 10.2 Å². The van der Waals surface area contributed by atoms with E-state index in [9.17, 15) is 4.79 Å². The van der Waals surface area contributed by atoms with Crippen molar-refractivity contribution in [2.75, 3.05) is 39.3 Å². The Morgan fingerprint density at radius 3 is 2.65 bits per heavy atom. The zero-order valence-electron chi connectivity index (χ0n) is 11.8. The minimum Gasteiger partial charge on any atom is -0.336 e. The summed E-state index contributed by atoms with van der Waals surface area (Å²) < 4.78 is 0. The quantitative estimate of drug-likeness (QED) is 0.822. The van der Waals surface area contributed by atoms with Crippen molar-refractivity contribution in [3.63, 3.8) is 0 Å². The summed E-state index contributed by atoms with van der Waals surface area (Å²) in [6, 6.07) is 0.660. The van der Waals surface area contributed by atoms with Gasteiger partial charge in [-0.05, 0) is 19.9 Å². The summed E-state index contributed by atoms with van der Waals surface area (Å²) in [6.45, 7) is 7.71. The lowest BCUT2D eigenvalue weighted by Crippen LogP contribution is -2.52. The Labute approximate surface area is 125 Å². The maximum atomic E-state index is 12.3. The van der Waals surface area contributed by atoms with Gasteiger partial charge in [0.15, 0.2) is 0 Å². The zero-order chi connectivity index (χ0) is 13.2. The van der Waals surface area contributed by atoms with Gasteiger partial charge in [-0.3, -0.25) is 14.8 Å². The minimum atomic E-state index is 0. The van der Waals surface area contributed by atoms with Crippen LogP contribution in [-0.2, 0) is 0 Å². The number of rotatable bonds is 2. The number of aromatic amines is 1. The van der Waals surface area contributed by atoms with Crippen LogP contribution in [0.25, 0.3) is 0 Å². The molecule has 2 N–H and O–H groups in total. The molecule has 1 unspecified atom stereocenters. The van der Waals surface area contributed by atoms with Crippen molar-refractivity contribution in [3.05, 3.63) is 17.5 Å². The van der Waals surface area contributed by atoms with Gasteiger partial charge in [-0.2, -0.15) is 5.10 Å². The topological polar surface area (TPSA) is 64.3 Å². The zero-order valence-corrected chi connectivity index (χ0v) is 12.6. The number of halogens is 1. The molecule has 3 heterocycles. The summed E-state index contributed by atoms with van der Waals surface area (Å²) in [5.74, 6) is 0.107. The van der Waals surface area contributed by atoms with E-state index in [0.29, 0.717) is 11.6 Å². The van der Waals surface area contributed by atoms with E-state index in [0.717, 1.165) is 45.0 Å². The number of aromatic nitrogens is 2. The Hall–Kier alpha value is -1.11. The van der Waals surface area contributed by atoms with E-state index in [-0.39, 0.29) is 18.3 Å². The summed E-state index contributed by atoms with van der Waals surface area (Å²) >= 11 is 0. The summed E-state index contributed by atoms with van der Waals surface area (Å²) in [5, 5.41) is 10.1. The number of nitrogens with one attached hydrogen (secondary N) is 2. The van der Waals surface area contributed by atoms with E-state index in [1.54, 1.807) is 6.20 Å². The van der Waals surface area contributed by atoms with E-state index in [4.69, 9.17) is 0 Å². The first-order valence-electron chi connectivity index (χ1n) is 6.99. The Kier molecular flexibility index (Phi) is 5.01. The number of carbonyl (C=O) groups excluding carboxylic acids is 1. The number of aryl methyl sites for hydroxylation is 1. The highest BCUT2D eigenvalue weighted by Crippen LogP contribution is 2.14. The molecule has 112 valence electrons. The highest BCUT2D eigenvalue weighted by atomic mass is 35.5. The fraction of sp³-hybridized carbons (Fsp3) is 0.692. The van der Waals surface area contributed by atoms with Crippen LogP contribution in [0.4, 0.5) is 0 Å². The van der Waals surface area contributed by atoms with Crippen molar-refractivity contribution in [2.45, 2.75) is 19.4 Å². The standard InChI is InChI=1S/C13H21N5O.ClH/c1-10-12(9-15-16-10)13(19)18-6-4-17(5-7-18)11-2-3-14-8-11;/h9,11,14H,2-8H2,1H3,(H,15,16);1H. The second-order valence-corrected chi connectivity index (χ2v) is 5.38. The van der Waals surface area contributed by atoms with Crippen LogP contribution in [0.2, 0.25) is 0 Å². The molecule has 3 rings (SSSR count). The third kappa shape index (κ3) is 2.97. The summed E-state index contributed by atoms with van der Waals surface area (Å²) in [5.41, 5.74) is 1.56. The number of H-pyrrole nitrogens is 1.